The largest absolute Gasteiger partial charge is 0.494 e. The van der Waals surface area contributed by atoms with E-state index in [1.165, 1.54) is 27.5 Å². The Bertz CT molecular complexity index is 1750. The number of nitrogens with one attached hydrogen (secondary N) is 3. The highest BCUT2D eigenvalue weighted by Gasteiger charge is 2.30. The number of para-hydroxylation sites is 1. The summed E-state index contributed by atoms with van der Waals surface area (Å²) in [4.78, 5) is 52.3. The van der Waals surface area contributed by atoms with E-state index in [9.17, 15) is 14.4 Å². The van der Waals surface area contributed by atoms with Crippen LogP contribution >= 0.6 is 0 Å². The van der Waals surface area contributed by atoms with Crippen molar-refractivity contribution in [2.45, 2.75) is 32.7 Å². The molecule has 1 aliphatic rings. The molecule has 3 aromatic rings. The number of rotatable bonds is 14. The van der Waals surface area contributed by atoms with Crippen molar-refractivity contribution in [1.82, 2.24) is 25.7 Å². The van der Waals surface area contributed by atoms with Gasteiger partial charge in [0.25, 0.3) is 11.8 Å². The molecule has 0 unspecified atom stereocenters. The highest BCUT2D eigenvalue weighted by molar-refractivity contribution is 5.98. The Morgan fingerprint density at radius 2 is 1.94 bits per heavy atom. The first-order valence-electron chi connectivity index (χ1n) is 15.0. The Morgan fingerprint density at radius 3 is 2.55 bits per heavy atom. The Balaban J connectivity index is 1.61. The summed E-state index contributed by atoms with van der Waals surface area (Å²) in [6.07, 6.45) is 8.98. The fourth-order valence-electron chi connectivity index (χ4n) is 4.62. The van der Waals surface area contributed by atoms with Crippen molar-refractivity contribution in [3.63, 3.8) is 0 Å². The summed E-state index contributed by atoms with van der Waals surface area (Å²) < 4.78 is 5.82. The van der Waals surface area contributed by atoms with E-state index in [1.54, 1.807) is 42.6 Å². The molecule has 1 fully saturated rings. The number of nitriles is 1. The van der Waals surface area contributed by atoms with Crippen LogP contribution in [0.15, 0.2) is 90.6 Å². The molecule has 0 aliphatic heterocycles. The zero-order valence-corrected chi connectivity index (χ0v) is 26.8. The van der Waals surface area contributed by atoms with Crippen molar-refractivity contribution in [3.8, 4) is 22.9 Å². The van der Waals surface area contributed by atoms with Crippen LogP contribution in [0.1, 0.15) is 47.9 Å². The SMILES string of the molecule is C=C(C(=O)NC)/C(=C\C(=C\CC)NC(=O)C1CC1)Nc1cccc(-c2ccc(C(=O)N(Cc3cc(C#N)ccn3)OC)nc2)c1OC. The predicted octanol–water partition coefficient (Wildman–Crippen LogP) is 4.65. The quantitative estimate of drug-likeness (QED) is 0.130. The number of carbonyl (C=O) groups is 3. The first kappa shape index (κ1) is 34.1. The number of hydrogen-bond acceptors (Lipinski definition) is 9. The maximum absolute atomic E-state index is 13.2. The van der Waals surface area contributed by atoms with Gasteiger partial charge in [-0.1, -0.05) is 37.8 Å². The summed E-state index contributed by atoms with van der Waals surface area (Å²) in [5.74, 6) is -0.484. The molecule has 12 nitrogen and oxygen atoms in total. The third-order valence-corrected chi connectivity index (χ3v) is 7.25. The van der Waals surface area contributed by atoms with Crippen LogP contribution in [0.2, 0.25) is 0 Å². The molecule has 3 amide bonds. The van der Waals surface area contributed by atoms with E-state index in [1.807, 2.05) is 31.2 Å². The van der Waals surface area contributed by atoms with Crippen molar-refractivity contribution in [1.29, 1.82) is 5.26 Å². The second-order valence-electron chi connectivity index (χ2n) is 10.6. The molecule has 0 atom stereocenters. The van der Waals surface area contributed by atoms with Crippen LogP contribution in [0.4, 0.5) is 5.69 Å². The second kappa shape index (κ2) is 16.0. The van der Waals surface area contributed by atoms with Crippen LogP contribution in [0.25, 0.3) is 11.1 Å². The number of allylic oxidation sites excluding steroid dienone is 2. The molecule has 1 aromatic carbocycles. The Labute approximate surface area is 273 Å². The van der Waals surface area contributed by atoms with Gasteiger partial charge in [-0.05, 0) is 49.6 Å². The maximum atomic E-state index is 13.2. The molecule has 1 saturated carbocycles. The fourth-order valence-corrected chi connectivity index (χ4v) is 4.62. The molecular formula is C35H37N7O5. The molecule has 1 aliphatic carbocycles. The third kappa shape index (κ3) is 8.68. The number of hydrogen-bond donors (Lipinski definition) is 3. The van der Waals surface area contributed by atoms with Crippen LogP contribution < -0.4 is 20.7 Å². The minimum Gasteiger partial charge on any atom is -0.494 e. The van der Waals surface area contributed by atoms with E-state index in [0.717, 1.165) is 17.9 Å². The van der Waals surface area contributed by atoms with Crippen molar-refractivity contribution >= 4 is 23.4 Å². The normalized spacial score (nSPS) is 12.8. The van der Waals surface area contributed by atoms with Crippen molar-refractivity contribution in [3.05, 3.63) is 108 Å². The van der Waals surface area contributed by atoms with E-state index < -0.39 is 11.8 Å². The van der Waals surface area contributed by atoms with E-state index in [4.69, 9.17) is 14.8 Å². The van der Waals surface area contributed by atoms with Crippen LogP contribution in [-0.2, 0) is 21.0 Å². The molecule has 47 heavy (non-hydrogen) atoms. The third-order valence-electron chi connectivity index (χ3n) is 7.25. The van der Waals surface area contributed by atoms with Gasteiger partial charge < -0.3 is 20.7 Å². The number of aromatic nitrogens is 2. The predicted molar refractivity (Wildman–Crippen MR) is 176 cm³/mol. The lowest BCUT2D eigenvalue weighted by Gasteiger charge is -2.20. The number of methoxy groups -OCH3 is 1. The number of hydroxylamine groups is 2. The minimum absolute atomic E-state index is 0.00495. The molecule has 0 saturated heterocycles. The number of likely N-dealkylation sites (N-methyl/N-ethyl adjacent to an activating group) is 1. The van der Waals surface area contributed by atoms with E-state index in [-0.39, 0.29) is 29.6 Å². The van der Waals surface area contributed by atoms with E-state index in [2.05, 4.69) is 32.5 Å². The second-order valence-corrected chi connectivity index (χ2v) is 10.6. The molecule has 0 bridgehead atoms. The van der Waals surface area contributed by atoms with Gasteiger partial charge in [0.2, 0.25) is 5.91 Å². The van der Waals surface area contributed by atoms with Crippen molar-refractivity contribution < 1.29 is 24.0 Å². The summed E-state index contributed by atoms with van der Waals surface area (Å²) >= 11 is 0. The number of carbonyl (C=O) groups excluding carboxylic acids is 3. The van der Waals surface area contributed by atoms with Gasteiger partial charge in [0.1, 0.15) is 11.4 Å². The topological polar surface area (TPSA) is 159 Å². The first-order valence-corrected chi connectivity index (χ1v) is 15.0. The van der Waals surface area contributed by atoms with Gasteiger partial charge >= 0.3 is 0 Å². The van der Waals surface area contributed by atoms with Gasteiger partial charge in [0.15, 0.2) is 0 Å². The molecule has 4 rings (SSSR count). The molecule has 0 radical (unpaired) electrons. The van der Waals surface area contributed by atoms with Gasteiger partial charge in [0.05, 0.1) is 55.0 Å². The summed E-state index contributed by atoms with van der Waals surface area (Å²) in [7, 11) is 4.41. The lowest BCUT2D eigenvalue weighted by Crippen LogP contribution is -2.30. The van der Waals surface area contributed by atoms with Crippen LogP contribution in [0.5, 0.6) is 5.75 Å². The summed E-state index contributed by atoms with van der Waals surface area (Å²) in [6, 6.07) is 14.0. The van der Waals surface area contributed by atoms with Crippen LogP contribution in [0, 0.1) is 17.2 Å². The van der Waals surface area contributed by atoms with Gasteiger partial charge in [-0.3, -0.25) is 29.2 Å². The monoisotopic (exact) mass is 635 g/mol. The highest BCUT2D eigenvalue weighted by atomic mass is 16.7. The average Bonchev–Trinajstić information content (AvgIpc) is 3.95. The molecule has 242 valence electrons. The first-order chi connectivity index (χ1) is 22.7. The zero-order valence-electron chi connectivity index (χ0n) is 26.8. The summed E-state index contributed by atoms with van der Waals surface area (Å²) in [5.41, 5.74) is 3.98. The number of ether oxygens (including phenoxy) is 1. The summed E-state index contributed by atoms with van der Waals surface area (Å²) in [6.45, 7) is 5.96. The Kier molecular flexibility index (Phi) is 11.6. The van der Waals surface area contributed by atoms with Gasteiger partial charge in [-0.25, -0.2) is 5.06 Å². The van der Waals surface area contributed by atoms with E-state index >= 15 is 0 Å². The fraction of sp³-hybridized carbons (Fsp3) is 0.257. The number of anilines is 1. The number of nitrogens with zero attached hydrogens (tertiary/aromatic N) is 4. The molecule has 3 N–H and O–H groups in total. The Hall–Kier alpha value is -5.80. The van der Waals surface area contributed by atoms with Crippen LogP contribution in [0.3, 0.4) is 0 Å². The maximum Gasteiger partial charge on any atom is 0.296 e. The molecule has 2 heterocycles. The highest BCUT2D eigenvalue weighted by Crippen LogP contribution is 2.37. The summed E-state index contributed by atoms with van der Waals surface area (Å²) in [5, 5.41) is 19.1. The van der Waals surface area contributed by atoms with E-state index in [0.29, 0.717) is 51.6 Å². The zero-order chi connectivity index (χ0) is 33.9. The Morgan fingerprint density at radius 1 is 1.15 bits per heavy atom. The molecular weight excluding hydrogens is 598 g/mol. The van der Waals surface area contributed by atoms with Crippen molar-refractivity contribution in [2.24, 2.45) is 5.92 Å². The van der Waals surface area contributed by atoms with Gasteiger partial charge in [-0.2, -0.15) is 5.26 Å². The smallest absolute Gasteiger partial charge is 0.296 e. The minimum atomic E-state index is -0.488. The lowest BCUT2D eigenvalue weighted by molar-refractivity contribution is -0.121. The van der Waals surface area contributed by atoms with Crippen molar-refractivity contribution in [2.75, 3.05) is 26.6 Å². The van der Waals surface area contributed by atoms with Crippen LogP contribution in [-0.4, -0.2) is 54.0 Å². The average molecular weight is 636 g/mol. The molecule has 2 aromatic heterocycles. The molecule has 0 spiro atoms. The lowest BCUT2D eigenvalue weighted by atomic mass is 10.0. The number of benzene rings is 1. The van der Waals surface area contributed by atoms with Gasteiger partial charge in [-0.15, -0.1) is 0 Å². The van der Waals surface area contributed by atoms with Gasteiger partial charge in [0, 0.05) is 42.2 Å². The number of amides is 3. The standard InChI is InChI=1S/C35H37N7O5/c1-6-8-26(40-34(44)24-11-12-24)18-31(22(2)33(43)37-3)41-29-10-7-9-28(32(29)46-4)25-13-14-30(39-20-25)35(45)42(47-5)21-27-17-23(19-36)15-16-38-27/h7-10,13-18,20,24,41H,2,6,11-12,21H2,1,3-5H3,(H,37,43)(H,40,44)/b26-8-,31-18+. The molecule has 12 heteroatoms. The number of pyridine rings is 2.